The molecule has 29 heavy (non-hydrogen) atoms. The summed E-state index contributed by atoms with van der Waals surface area (Å²) in [7, 11) is 1.59. The van der Waals surface area contributed by atoms with Crippen LogP contribution in [-0.4, -0.2) is 33.6 Å². The first-order chi connectivity index (χ1) is 13.8. The molecule has 2 N–H and O–H groups in total. The number of rotatable bonds is 6. The van der Waals surface area contributed by atoms with Crippen LogP contribution in [0.1, 0.15) is 71.6 Å². The molecule has 7 nitrogen and oxygen atoms in total. The molecule has 0 unspecified atom stereocenters. The zero-order valence-corrected chi connectivity index (χ0v) is 17.5. The van der Waals surface area contributed by atoms with E-state index in [2.05, 4.69) is 29.6 Å². The zero-order valence-electron chi connectivity index (χ0n) is 17.5. The van der Waals surface area contributed by atoms with Gasteiger partial charge in [0.1, 0.15) is 0 Å². The highest BCUT2D eigenvalue weighted by Gasteiger charge is 2.19. The maximum Gasteiger partial charge on any atom is 0.252 e. The molecule has 2 amide bonds. The molecule has 3 rings (SSSR count). The fraction of sp³-hybridized carbons (Fsp3) is 0.364. The lowest BCUT2D eigenvalue weighted by Crippen LogP contribution is -2.24. The van der Waals surface area contributed by atoms with Crippen molar-refractivity contribution in [1.82, 2.24) is 25.4 Å². The maximum atomic E-state index is 13.0. The van der Waals surface area contributed by atoms with Crippen LogP contribution in [0, 0.1) is 0 Å². The van der Waals surface area contributed by atoms with E-state index < -0.39 is 0 Å². The molecule has 1 aromatic carbocycles. The summed E-state index contributed by atoms with van der Waals surface area (Å²) in [6.07, 6.45) is 1.70. The topological polar surface area (TPSA) is 88.9 Å². The largest absolute Gasteiger partial charge is 0.355 e. The average molecular weight is 393 g/mol. The van der Waals surface area contributed by atoms with E-state index in [0.29, 0.717) is 17.7 Å². The predicted octanol–water partition coefficient (Wildman–Crippen LogP) is 3.43. The fourth-order valence-corrected chi connectivity index (χ4v) is 3.14. The minimum absolute atomic E-state index is 0.144. The number of carbonyl (C=O) groups is 2. The van der Waals surface area contributed by atoms with E-state index in [1.54, 1.807) is 31.4 Å². The van der Waals surface area contributed by atoms with E-state index in [0.717, 1.165) is 22.3 Å². The number of aromatic nitrogens is 3. The van der Waals surface area contributed by atoms with Gasteiger partial charge in [-0.3, -0.25) is 9.59 Å². The number of nitrogens with zero attached hydrogens (tertiary/aromatic N) is 3. The molecule has 2 aromatic heterocycles. The third-order valence-electron chi connectivity index (χ3n) is 4.78. The Balaban J connectivity index is 1.90. The number of nitrogens with one attached hydrogen (secondary N) is 2. The quantitative estimate of drug-likeness (QED) is 0.671. The molecule has 3 aromatic rings. The molecule has 7 heteroatoms. The van der Waals surface area contributed by atoms with E-state index in [1.807, 2.05) is 30.7 Å². The number of amides is 2. The monoisotopic (exact) mass is 393 g/mol. The minimum atomic E-state index is -0.187. The number of fused-ring (bicyclic) bond motifs is 1. The highest BCUT2D eigenvalue weighted by molar-refractivity contribution is 6.05. The van der Waals surface area contributed by atoms with Crippen molar-refractivity contribution in [3.05, 3.63) is 58.9 Å². The van der Waals surface area contributed by atoms with Gasteiger partial charge in [-0.05, 0) is 43.5 Å². The first kappa shape index (κ1) is 20.5. The van der Waals surface area contributed by atoms with Crippen LogP contribution >= 0.6 is 0 Å². The fourth-order valence-electron chi connectivity index (χ4n) is 3.14. The van der Waals surface area contributed by atoms with Crippen molar-refractivity contribution >= 4 is 22.8 Å². The summed E-state index contributed by atoms with van der Waals surface area (Å²) in [6.45, 7) is 8.50. The van der Waals surface area contributed by atoms with Gasteiger partial charge in [-0.25, -0.2) is 9.67 Å². The van der Waals surface area contributed by atoms with E-state index in [1.165, 1.54) is 0 Å². The van der Waals surface area contributed by atoms with Gasteiger partial charge in [0, 0.05) is 30.9 Å². The van der Waals surface area contributed by atoms with Crippen LogP contribution < -0.4 is 10.6 Å². The SMILES string of the molecule is CNC(=O)c1cccc(CNC(=O)c2cc(C(C)C)nc3c2cnn3C(C)C)c1. The molecule has 0 aliphatic carbocycles. The second kappa shape index (κ2) is 8.43. The molecule has 0 aliphatic rings. The maximum absolute atomic E-state index is 13.0. The Kier molecular flexibility index (Phi) is 5.96. The average Bonchev–Trinajstić information content (AvgIpc) is 3.15. The standard InChI is InChI=1S/C22H27N5O2/c1-13(2)19-10-17(18-12-25-27(14(3)4)20(18)26-19)22(29)24-11-15-7-6-8-16(9-15)21(28)23-5/h6-10,12-14H,11H2,1-5H3,(H,23,28)(H,24,29). The van der Waals surface area contributed by atoms with Gasteiger partial charge in [-0.15, -0.1) is 0 Å². The van der Waals surface area contributed by atoms with Crippen LogP contribution in [0.3, 0.4) is 0 Å². The Morgan fingerprint density at radius 2 is 1.86 bits per heavy atom. The van der Waals surface area contributed by atoms with Crippen LogP contribution in [-0.2, 0) is 6.54 Å². The van der Waals surface area contributed by atoms with Crippen LogP contribution in [0.15, 0.2) is 36.5 Å². The van der Waals surface area contributed by atoms with Gasteiger partial charge in [0.15, 0.2) is 5.65 Å². The Bertz CT molecular complexity index is 1050. The van der Waals surface area contributed by atoms with Gasteiger partial charge in [-0.2, -0.15) is 5.10 Å². The summed E-state index contributed by atoms with van der Waals surface area (Å²) in [5.74, 6) is -0.157. The van der Waals surface area contributed by atoms with Crippen molar-refractivity contribution in [2.24, 2.45) is 0 Å². The third-order valence-corrected chi connectivity index (χ3v) is 4.78. The van der Waals surface area contributed by atoms with E-state index in [-0.39, 0.29) is 23.8 Å². The Labute approximate surface area is 170 Å². The van der Waals surface area contributed by atoms with Crippen molar-refractivity contribution in [2.75, 3.05) is 7.05 Å². The van der Waals surface area contributed by atoms with Gasteiger partial charge in [0.25, 0.3) is 11.8 Å². The summed E-state index contributed by atoms with van der Waals surface area (Å²) >= 11 is 0. The smallest absolute Gasteiger partial charge is 0.252 e. The molecule has 0 saturated carbocycles. The number of benzene rings is 1. The van der Waals surface area contributed by atoms with Crippen LogP contribution in [0.25, 0.3) is 11.0 Å². The Morgan fingerprint density at radius 1 is 1.10 bits per heavy atom. The number of carbonyl (C=O) groups excluding carboxylic acids is 2. The summed E-state index contributed by atoms with van der Waals surface area (Å²) in [6, 6.07) is 9.19. The van der Waals surface area contributed by atoms with Gasteiger partial charge >= 0.3 is 0 Å². The van der Waals surface area contributed by atoms with Gasteiger partial charge < -0.3 is 10.6 Å². The van der Waals surface area contributed by atoms with E-state index in [4.69, 9.17) is 4.98 Å². The highest BCUT2D eigenvalue weighted by atomic mass is 16.2. The molecule has 0 bridgehead atoms. The van der Waals surface area contributed by atoms with E-state index >= 15 is 0 Å². The van der Waals surface area contributed by atoms with E-state index in [9.17, 15) is 9.59 Å². The molecule has 0 fully saturated rings. The van der Waals surface area contributed by atoms with Gasteiger partial charge in [0.05, 0.1) is 17.1 Å². The molecule has 0 spiro atoms. The van der Waals surface area contributed by atoms with Crippen molar-refractivity contribution in [3.63, 3.8) is 0 Å². The molecular formula is C22H27N5O2. The highest BCUT2D eigenvalue weighted by Crippen LogP contribution is 2.24. The summed E-state index contributed by atoms with van der Waals surface area (Å²) in [4.78, 5) is 29.6. The first-order valence-corrected chi connectivity index (χ1v) is 9.79. The van der Waals surface area contributed by atoms with Crippen molar-refractivity contribution in [2.45, 2.75) is 46.2 Å². The summed E-state index contributed by atoms with van der Waals surface area (Å²) in [5, 5.41) is 10.7. The molecule has 0 atom stereocenters. The summed E-state index contributed by atoms with van der Waals surface area (Å²) in [5.41, 5.74) is 3.55. The molecule has 0 aliphatic heterocycles. The lowest BCUT2D eigenvalue weighted by molar-refractivity contribution is 0.0950. The van der Waals surface area contributed by atoms with Crippen LogP contribution in [0.4, 0.5) is 0 Å². The first-order valence-electron chi connectivity index (χ1n) is 9.79. The van der Waals surface area contributed by atoms with Crippen molar-refractivity contribution < 1.29 is 9.59 Å². The van der Waals surface area contributed by atoms with Crippen LogP contribution in [0.5, 0.6) is 0 Å². The minimum Gasteiger partial charge on any atom is -0.355 e. The third kappa shape index (κ3) is 4.29. The van der Waals surface area contributed by atoms with Crippen LogP contribution in [0.2, 0.25) is 0 Å². The van der Waals surface area contributed by atoms with Gasteiger partial charge in [-0.1, -0.05) is 26.0 Å². The molecule has 0 radical (unpaired) electrons. The lowest BCUT2D eigenvalue weighted by Gasteiger charge is -2.12. The Morgan fingerprint density at radius 3 is 2.52 bits per heavy atom. The molecule has 0 saturated heterocycles. The zero-order chi connectivity index (χ0) is 21.1. The molecule has 152 valence electrons. The van der Waals surface area contributed by atoms with Crippen molar-refractivity contribution in [3.8, 4) is 0 Å². The number of hydrogen-bond donors (Lipinski definition) is 2. The van der Waals surface area contributed by atoms with Gasteiger partial charge in [0.2, 0.25) is 0 Å². The van der Waals surface area contributed by atoms with Crippen molar-refractivity contribution in [1.29, 1.82) is 0 Å². The number of pyridine rings is 1. The molecular weight excluding hydrogens is 366 g/mol. The number of hydrogen-bond acceptors (Lipinski definition) is 4. The predicted molar refractivity (Wildman–Crippen MR) is 113 cm³/mol. The second-order valence-electron chi connectivity index (χ2n) is 7.63. The normalized spacial score (nSPS) is 11.3. The summed E-state index contributed by atoms with van der Waals surface area (Å²) < 4.78 is 1.84. The molecule has 2 heterocycles. The Hall–Kier alpha value is -3.22. The lowest BCUT2D eigenvalue weighted by atomic mass is 10.0. The second-order valence-corrected chi connectivity index (χ2v) is 7.63.